The number of hydrogen-bond donors (Lipinski definition) is 0. The summed E-state index contributed by atoms with van der Waals surface area (Å²) in [5, 5.41) is 7.48. The van der Waals surface area contributed by atoms with Crippen molar-refractivity contribution >= 4 is 0 Å². The van der Waals surface area contributed by atoms with E-state index in [2.05, 4.69) is 29.3 Å². The fourth-order valence-electron chi connectivity index (χ4n) is 1.17. The first-order valence-corrected chi connectivity index (χ1v) is 4.13. The molecule has 0 amide bonds. The summed E-state index contributed by atoms with van der Waals surface area (Å²) >= 11 is 0. The maximum absolute atomic E-state index is 3.82. The predicted octanol–water partition coefficient (Wildman–Crippen LogP) is 1.64. The smallest absolute Gasteiger partial charge is 0.123 e. The Morgan fingerprint density at radius 1 is 1.08 bits per heavy atom. The molecule has 0 saturated heterocycles. The van der Waals surface area contributed by atoms with Crippen molar-refractivity contribution in [1.29, 1.82) is 0 Å². The third kappa shape index (κ3) is 1.59. The highest BCUT2D eigenvalue weighted by atomic mass is 15.2. The number of benzene rings is 1. The van der Waals surface area contributed by atoms with E-state index < -0.39 is 0 Å². The molecular formula is C10H10N3. The Morgan fingerprint density at radius 3 is 2.23 bits per heavy atom. The van der Waals surface area contributed by atoms with Gasteiger partial charge in [-0.2, -0.15) is 0 Å². The van der Waals surface area contributed by atoms with Gasteiger partial charge in [0, 0.05) is 5.69 Å². The molecule has 1 aromatic heterocycles. The SMILES string of the molecule is [CH2]Cc1ccc(-n2cnnc2)cc1. The van der Waals surface area contributed by atoms with Gasteiger partial charge in [-0.15, -0.1) is 10.2 Å². The summed E-state index contributed by atoms with van der Waals surface area (Å²) in [6.07, 6.45) is 4.18. The minimum Gasteiger partial charge on any atom is -0.288 e. The molecule has 1 radical (unpaired) electrons. The van der Waals surface area contributed by atoms with Gasteiger partial charge in [-0.3, -0.25) is 4.57 Å². The Hall–Kier alpha value is -1.64. The molecule has 0 spiro atoms. The van der Waals surface area contributed by atoms with Crippen molar-refractivity contribution < 1.29 is 0 Å². The van der Waals surface area contributed by atoms with Crippen LogP contribution in [0.15, 0.2) is 36.9 Å². The average molecular weight is 172 g/mol. The quantitative estimate of drug-likeness (QED) is 0.689. The standard InChI is InChI=1S/C10H10N3/c1-2-9-3-5-10(6-4-9)13-7-11-12-8-13/h3-8H,1-2H2. The van der Waals surface area contributed by atoms with E-state index in [9.17, 15) is 0 Å². The average Bonchev–Trinajstić information content (AvgIpc) is 2.71. The van der Waals surface area contributed by atoms with Crippen LogP contribution in [0.4, 0.5) is 0 Å². The molecule has 0 aliphatic heterocycles. The van der Waals surface area contributed by atoms with Crippen molar-refractivity contribution in [3.05, 3.63) is 49.4 Å². The van der Waals surface area contributed by atoms with E-state index in [0.29, 0.717) is 0 Å². The van der Waals surface area contributed by atoms with Gasteiger partial charge in [-0.05, 0) is 31.0 Å². The zero-order valence-electron chi connectivity index (χ0n) is 7.22. The Balaban J connectivity index is 2.33. The molecule has 1 heterocycles. The van der Waals surface area contributed by atoms with E-state index in [-0.39, 0.29) is 0 Å². The molecule has 0 N–H and O–H groups in total. The highest BCUT2D eigenvalue weighted by Crippen LogP contribution is 2.08. The highest BCUT2D eigenvalue weighted by Gasteiger charge is 1.94. The third-order valence-corrected chi connectivity index (χ3v) is 1.94. The van der Waals surface area contributed by atoms with Crippen molar-refractivity contribution in [3.8, 4) is 5.69 Å². The van der Waals surface area contributed by atoms with Gasteiger partial charge in [-0.25, -0.2) is 0 Å². The number of aromatic nitrogens is 3. The number of nitrogens with zero attached hydrogens (tertiary/aromatic N) is 3. The molecule has 0 aliphatic carbocycles. The molecule has 3 heteroatoms. The molecule has 0 fully saturated rings. The fourth-order valence-corrected chi connectivity index (χ4v) is 1.17. The van der Waals surface area contributed by atoms with Gasteiger partial charge in [0.25, 0.3) is 0 Å². The second kappa shape index (κ2) is 3.39. The van der Waals surface area contributed by atoms with E-state index in [0.717, 1.165) is 12.1 Å². The van der Waals surface area contributed by atoms with Gasteiger partial charge in [0.05, 0.1) is 0 Å². The first-order chi connectivity index (χ1) is 6.40. The van der Waals surface area contributed by atoms with Crippen molar-refractivity contribution in [1.82, 2.24) is 14.8 Å². The molecule has 0 bridgehead atoms. The largest absolute Gasteiger partial charge is 0.288 e. The molecule has 2 rings (SSSR count). The summed E-state index contributed by atoms with van der Waals surface area (Å²) < 4.78 is 1.87. The van der Waals surface area contributed by atoms with Crippen LogP contribution in [0.3, 0.4) is 0 Å². The van der Waals surface area contributed by atoms with Crippen LogP contribution < -0.4 is 0 Å². The second-order valence-corrected chi connectivity index (χ2v) is 2.79. The maximum Gasteiger partial charge on any atom is 0.123 e. The lowest BCUT2D eigenvalue weighted by Crippen LogP contribution is -1.90. The second-order valence-electron chi connectivity index (χ2n) is 2.79. The summed E-state index contributed by atoms with van der Waals surface area (Å²) in [5.74, 6) is 0. The van der Waals surface area contributed by atoms with Crippen molar-refractivity contribution in [2.24, 2.45) is 0 Å². The number of hydrogen-bond acceptors (Lipinski definition) is 2. The molecular weight excluding hydrogens is 162 g/mol. The van der Waals surface area contributed by atoms with Crippen LogP contribution >= 0.6 is 0 Å². The monoisotopic (exact) mass is 172 g/mol. The van der Waals surface area contributed by atoms with Crippen molar-refractivity contribution in [2.45, 2.75) is 6.42 Å². The Labute approximate surface area is 77.0 Å². The van der Waals surface area contributed by atoms with Crippen LogP contribution in [0.5, 0.6) is 0 Å². The molecule has 0 saturated carbocycles. The maximum atomic E-state index is 3.82. The van der Waals surface area contributed by atoms with Crippen molar-refractivity contribution in [2.75, 3.05) is 0 Å². The van der Waals surface area contributed by atoms with Gasteiger partial charge < -0.3 is 0 Å². The van der Waals surface area contributed by atoms with Crippen LogP contribution in [0.1, 0.15) is 5.56 Å². The summed E-state index contributed by atoms with van der Waals surface area (Å²) in [7, 11) is 0. The van der Waals surface area contributed by atoms with Crippen LogP contribution in [0.2, 0.25) is 0 Å². The zero-order valence-corrected chi connectivity index (χ0v) is 7.22. The molecule has 0 atom stereocenters. The summed E-state index contributed by atoms with van der Waals surface area (Å²) in [4.78, 5) is 0. The summed E-state index contributed by atoms with van der Waals surface area (Å²) in [6.45, 7) is 3.82. The van der Waals surface area contributed by atoms with Crippen molar-refractivity contribution in [3.63, 3.8) is 0 Å². The Morgan fingerprint density at radius 2 is 1.69 bits per heavy atom. The van der Waals surface area contributed by atoms with E-state index in [1.807, 2.05) is 16.7 Å². The van der Waals surface area contributed by atoms with Crippen LogP contribution in [-0.2, 0) is 6.42 Å². The topological polar surface area (TPSA) is 30.7 Å². The predicted molar refractivity (Wildman–Crippen MR) is 50.4 cm³/mol. The fraction of sp³-hybridized carbons (Fsp3) is 0.100. The molecule has 65 valence electrons. The minimum absolute atomic E-state index is 0.822. The Bertz CT molecular complexity index is 362. The molecule has 13 heavy (non-hydrogen) atoms. The Kier molecular flexibility index (Phi) is 2.08. The summed E-state index contributed by atoms with van der Waals surface area (Å²) in [5.41, 5.74) is 2.30. The normalized spacial score (nSPS) is 10.2. The molecule has 1 aromatic carbocycles. The molecule has 0 unspecified atom stereocenters. The first kappa shape index (κ1) is 7.98. The first-order valence-electron chi connectivity index (χ1n) is 4.13. The van der Waals surface area contributed by atoms with Crippen LogP contribution in [0.25, 0.3) is 5.69 Å². The van der Waals surface area contributed by atoms with Gasteiger partial charge in [0.2, 0.25) is 0 Å². The third-order valence-electron chi connectivity index (χ3n) is 1.94. The van der Waals surface area contributed by atoms with E-state index in [1.165, 1.54) is 5.56 Å². The number of rotatable bonds is 2. The summed E-state index contributed by atoms with van der Waals surface area (Å²) in [6, 6.07) is 8.18. The van der Waals surface area contributed by atoms with E-state index in [1.54, 1.807) is 12.7 Å². The highest BCUT2D eigenvalue weighted by molar-refractivity contribution is 5.34. The lowest BCUT2D eigenvalue weighted by molar-refractivity contribution is 1.05. The molecule has 2 aromatic rings. The van der Waals surface area contributed by atoms with Gasteiger partial charge in [0.1, 0.15) is 12.7 Å². The lowest BCUT2D eigenvalue weighted by Gasteiger charge is -2.01. The lowest BCUT2D eigenvalue weighted by atomic mass is 10.1. The van der Waals surface area contributed by atoms with E-state index >= 15 is 0 Å². The van der Waals surface area contributed by atoms with Gasteiger partial charge in [-0.1, -0.05) is 12.1 Å². The van der Waals surface area contributed by atoms with Gasteiger partial charge >= 0.3 is 0 Å². The minimum atomic E-state index is 0.822. The van der Waals surface area contributed by atoms with Crippen LogP contribution in [-0.4, -0.2) is 14.8 Å². The van der Waals surface area contributed by atoms with E-state index in [4.69, 9.17) is 0 Å². The van der Waals surface area contributed by atoms with Gasteiger partial charge in [0.15, 0.2) is 0 Å². The zero-order chi connectivity index (χ0) is 9.10. The van der Waals surface area contributed by atoms with Crippen LogP contribution in [0, 0.1) is 6.92 Å². The molecule has 3 nitrogen and oxygen atoms in total. The molecule has 0 aliphatic rings.